The number of halogens is 3. The van der Waals surface area contributed by atoms with Crippen LogP contribution in [-0.2, 0) is 0 Å². The lowest BCUT2D eigenvalue weighted by atomic mass is 10.0. The molecule has 5 heteroatoms. The number of phenols is 1. The van der Waals surface area contributed by atoms with Crippen molar-refractivity contribution in [2.24, 2.45) is 5.73 Å². The summed E-state index contributed by atoms with van der Waals surface area (Å²) in [7, 11) is 0. The van der Waals surface area contributed by atoms with Gasteiger partial charge in [-0.05, 0) is 6.42 Å². The molecule has 15 heavy (non-hydrogen) atoms. The Bertz CT molecular complexity index is 368. The van der Waals surface area contributed by atoms with Crippen molar-refractivity contribution in [1.29, 1.82) is 0 Å². The molecular weight excluding hydrogens is 207 g/mol. The average Bonchev–Trinajstić information content (AvgIpc) is 2.15. The highest BCUT2D eigenvalue weighted by molar-refractivity contribution is 5.37. The highest BCUT2D eigenvalue weighted by atomic mass is 19.2. The third-order valence-corrected chi connectivity index (χ3v) is 2.15. The predicted octanol–water partition coefficient (Wildman–Crippen LogP) is 2.61. The average molecular weight is 219 g/mol. The van der Waals surface area contributed by atoms with Crippen LogP contribution in [0.15, 0.2) is 6.07 Å². The van der Waals surface area contributed by atoms with Gasteiger partial charge in [-0.2, -0.15) is 0 Å². The standard InChI is InChI=1S/C10H12F3NO/c1-2-3-6(14)8-7(15)4-5(11)9(12)10(8)13/h4,6,15H,2-3,14H2,1H3/t6-/m0/s1. The minimum atomic E-state index is -1.60. The van der Waals surface area contributed by atoms with Gasteiger partial charge in [0, 0.05) is 17.7 Å². The number of aromatic hydroxyl groups is 1. The van der Waals surface area contributed by atoms with Crippen molar-refractivity contribution in [2.75, 3.05) is 0 Å². The van der Waals surface area contributed by atoms with Crippen molar-refractivity contribution in [3.63, 3.8) is 0 Å². The maximum Gasteiger partial charge on any atom is 0.195 e. The largest absolute Gasteiger partial charge is 0.507 e. The summed E-state index contributed by atoms with van der Waals surface area (Å²) in [5.74, 6) is -5.08. The molecule has 1 aromatic rings. The minimum Gasteiger partial charge on any atom is -0.507 e. The highest BCUT2D eigenvalue weighted by Crippen LogP contribution is 2.31. The maximum absolute atomic E-state index is 13.2. The van der Waals surface area contributed by atoms with Gasteiger partial charge >= 0.3 is 0 Å². The van der Waals surface area contributed by atoms with Crippen LogP contribution in [0.25, 0.3) is 0 Å². The Labute approximate surface area is 85.5 Å². The first kappa shape index (κ1) is 11.8. The minimum absolute atomic E-state index is 0.365. The molecule has 0 unspecified atom stereocenters. The molecule has 0 heterocycles. The van der Waals surface area contributed by atoms with Gasteiger partial charge in [0.2, 0.25) is 0 Å². The Kier molecular flexibility index (Phi) is 3.57. The molecule has 0 aliphatic rings. The normalized spacial score (nSPS) is 12.9. The van der Waals surface area contributed by atoms with Crippen LogP contribution in [0.2, 0.25) is 0 Å². The molecule has 0 aliphatic carbocycles. The molecule has 0 bridgehead atoms. The molecule has 1 rings (SSSR count). The molecule has 0 radical (unpaired) electrons. The second-order valence-corrected chi connectivity index (χ2v) is 3.31. The fourth-order valence-electron chi connectivity index (χ4n) is 1.40. The summed E-state index contributed by atoms with van der Waals surface area (Å²) in [5, 5.41) is 9.27. The van der Waals surface area contributed by atoms with Crippen LogP contribution in [-0.4, -0.2) is 5.11 Å². The number of rotatable bonds is 3. The third kappa shape index (κ3) is 2.23. The lowest BCUT2D eigenvalue weighted by molar-refractivity contribution is 0.398. The van der Waals surface area contributed by atoms with Crippen LogP contribution in [0.1, 0.15) is 31.4 Å². The van der Waals surface area contributed by atoms with E-state index in [1.165, 1.54) is 0 Å². The maximum atomic E-state index is 13.2. The smallest absolute Gasteiger partial charge is 0.195 e. The van der Waals surface area contributed by atoms with Crippen LogP contribution in [0.4, 0.5) is 13.2 Å². The van der Waals surface area contributed by atoms with Crippen LogP contribution >= 0.6 is 0 Å². The summed E-state index contributed by atoms with van der Waals surface area (Å²) >= 11 is 0. The van der Waals surface area contributed by atoms with E-state index < -0.39 is 29.2 Å². The third-order valence-electron chi connectivity index (χ3n) is 2.15. The lowest BCUT2D eigenvalue weighted by Gasteiger charge is -2.14. The van der Waals surface area contributed by atoms with E-state index in [1.54, 1.807) is 0 Å². The van der Waals surface area contributed by atoms with Crippen LogP contribution in [0, 0.1) is 17.5 Å². The molecular formula is C10H12F3NO. The zero-order chi connectivity index (χ0) is 11.6. The molecule has 0 spiro atoms. The van der Waals surface area contributed by atoms with Gasteiger partial charge in [0.05, 0.1) is 0 Å². The molecule has 0 amide bonds. The molecule has 0 saturated carbocycles. The van der Waals surface area contributed by atoms with Crippen LogP contribution in [0.5, 0.6) is 5.75 Å². The first-order chi connectivity index (χ1) is 6.99. The summed E-state index contributed by atoms with van der Waals surface area (Å²) in [6, 6.07) is -0.298. The lowest BCUT2D eigenvalue weighted by Crippen LogP contribution is -2.13. The zero-order valence-corrected chi connectivity index (χ0v) is 8.23. The van der Waals surface area contributed by atoms with Crippen LogP contribution < -0.4 is 5.73 Å². The molecule has 0 fully saturated rings. The van der Waals surface area contributed by atoms with E-state index in [0.717, 1.165) is 0 Å². The van der Waals surface area contributed by atoms with Gasteiger partial charge in [-0.25, -0.2) is 13.2 Å². The van der Waals surface area contributed by atoms with Crippen molar-refractivity contribution >= 4 is 0 Å². The number of benzene rings is 1. The van der Waals surface area contributed by atoms with E-state index in [2.05, 4.69) is 0 Å². The molecule has 0 saturated heterocycles. The van der Waals surface area contributed by atoms with Crippen molar-refractivity contribution in [1.82, 2.24) is 0 Å². The van der Waals surface area contributed by atoms with E-state index >= 15 is 0 Å². The SMILES string of the molecule is CCC[C@H](N)c1c(O)cc(F)c(F)c1F. The second-order valence-electron chi connectivity index (χ2n) is 3.31. The second kappa shape index (κ2) is 4.53. The molecule has 84 valence electrons. The van der Waals surface area contributed by atoms with Gasteiger partial charge in [0.15, 0.2) is 17.5 Å². The summed E-state index contributed by atoms with van der Waals surface area (Å²) in [6.45, 7) is 1.81. The van der Waals surface area contributed by atoms with Gasteiger partial charge < -0.3 is 10.8 Å². The predicted molar refractivity (Wildman–Crippen MR) is 49.8 cm³/mol. The topological polar surface area (TPSA) is 46.2 Å². The summed E-state index contributed by atoms with van der Waals surface area (Å²) in [4.78, 5) is 0. The number of hydrogen-bond acceptors (Lipinski definition) is 2. The fourth-order valence-corrected chi connectivity index (χ4v) is 1.40. The van der Waals surface area contributed by atoms with Gasteiger partial charge in [-0.1, -0.05) is 13.3 Å². The Balaban J connectivity index is 3.23. The van der Waals surface area contributed by atoms with Gasteiger partial charge in [0.1, 0.15) is 5.75 Å². The van der Waals surface area contributed by atoms with E-state index in [4.69, 9.17) is 5.73 Å². The highest BCUT2D eigenvalue weighted by Gasteiger charge is 2.22. The number of hydrogen-bond donors (Lipinski definition) is 2. The van der Waals surface area contributed by atoms with Crippen molar-refractivity contribution in [3.05, 3.63) is 29.1 Å². The first-order valence-electron chi connectivity index (χ1n) is 4.61. The van der Waals surface area contributed by atoms with Crippen molar-refractivity contribution in [2.45, 2.75) is 25.8 Å². The molecule has 1 aromatic carbocycles. The quantitative estimate of drug-likeness (QED) is 0.767. The number of phenolic OH excluding ortho intramolecular Hbond substituents is 1. The monoisotopic (exact) mass is 219 g/mol. The van der Waals surface area contributed by atoms with Crippen molar-refractivity contribution < 1.29 is 18.3 Å². The van der Waals surface area contributed by atoms with E-state index in [0.29, 0.717) is 18.9 Å². The van der Waals surface area contributed by atoms with E-state index in [1.807, 2.05) is 6.92 Å². The number of nitrogens with two attached hydrogens (primary N) is 1. The molecule has 2 nitrogen and oxygen atoms in total. The Hall–Kier alpha value is -1.23. The molecule has 0 aliphatic heterocycles. The molecule has 1 atom stereocenters. The van der Waals surface area contributed by atoms with Gasteiger partial charge in [0.25, 0.3) is 0 Å². The van der Waals surface area contributed by atoms with Gasteiger partial charge in [-0.3, -0.25) is 0 Å². The Morgan fingerprint density at radius 2 is 1.93 bits per heavy atom. The van der Waals surface area contributed by atoms with Crippen molar-refractivity contribution in [3.8, 4) is 5.75 Å². The Morgan fingerprint density at radius 3 is 2.47 bits per heavy atom. The Morgan fingerprint density at radius 1 is 1.33 bits per heavy atom. The zero-order valence-electron chi connectivity index (χ0n) is 8.23. The van der Waals surface area contributed by atoms with E-state index in [9.17, 15) is 18.3 Å². The molecule has 3 N–H and O–H groups in total. The summed E-state index contributed by atoms with van der Waals surface area (Å²) in [6.07, 6.45) is 1.04. The molecule has 0 aromatic heterocycles. The summed E-state index contributed by atoms with van der Waals surface area (Å²) < 4.78 is 38.8. The first-order valence-corrected chi connectivity index (χ1v) is 4.61. The van der Waals surface area contributed by atoms with Crippen LogP contribution in [0.3, 0.4) is 0 Å². The fraction of sp³-hybridized carbons (Fsp3) is 0.400. The summed E-state index contributed by atoms with van der Waals surface area (Å²) in [5.41, 5.74) is 5.17. The van der Waals surface area contributed by atoms with Gasteiger partial charge in [-0.15, -0.1) is 0 Å². The van der Waals surface area contributed by atoms with E-state index in [-0.39, 0.29) is 5.56 Å².